The van der Waals surface area contributed by atoms with Crippen LogP contribution < -0.4 is 19.9 Å². The van der Waals surface area contributed by atoms with Crippen molar-refractivity contribution in [1.29, 1.82) is 0 Å². The summed E-state index contributed by atoms with van der Waals surface area (Å²) < 4.78 is 15.8. The number of rotatable bonds is 5. The van der Waals surface area contributed by atoms with Gasteiger partial charge in [-0.2, -0.15) is 0 Å². The van der Waals surface area contributed by atoms with Crippen molar-refractivity contribution < 1.29 is 24.2 Å². The number of aromatic hydroxyl groups is 1. The fourth-order valence-corrected chi connectivity index (χ4v) is 2.27. The summed E-state index contributed by atoms with van der Waals surface area (Å²) in [5.74, 6) is 0.690. The zero-order valence-corrected chi connectivity index (χ0v) is 12.8. The Bertz CT molecular complexity index is 760. The summed E-state index contributed by atoms with van der Waals surface area (Å²) in [6, 6.07) is 5.49. The molecular formula is C15H16N2O6. The highest BCUT2D eigenvalue weighted by Crippen LogP contribution is 2.47. The number of ether oxygens (including phenoxy) is 3. The highest BCUT2D eigenvalue weighted by molar-refractivity contribution is 5.85. The molecule has 0 amide bonds. The summed E-state index contributed by atoms with van der Waals surface area (Å²) in [6.07, 6.45) is 0. The van der Waals surface area contributed by atoms with Crippen LogP contribution in [0.1, 0.15) is 0 Å². The smallest absolute Gasteiger partial charge is 0.279 e. The van der Waals surface area contributed by atoms with E-state index in [0.717, 1.165) is 6.07 Å². The van der Waals surface area contributed by atoms with Gasteiger partial charge in [0.2, 0.25) is 5.75 Å². The second kappa shape index (κ2) is 6.30. The van der Waals surface area contributed by atoms with Gasteiger partial charge in [-0.05, 0) is 18.2 Å². The Morgan fingerprint density at radius 1 is 1.04 bits per heavy atom. The van der Waals surface area contributed by atoms with Gasteiger partial charge < -0.3 is 25.1 Å². The van der Waals surface area contributed by atoms with Crippen LogP contribution in [0.15, 0.2) is 24.3 Å². The van der Waals surface area contributed by atoms with Gasteiger partial charge in [0.25, 0.3) is 5.69 Å². The predicted octanol–water partition coefficient (Wildman–Crippen LogP) is 2.58. The van der Waals surface area contributed by atoms with Gasteiger partial charge in [-0.3, -0.25) is 10.1 Å². The average molecular weight is 320 g/mol. The number of anilines is 1. The van der Waals surface area contributed by atoms with E-state index in [-0.39, 0.29) is 34.2 Å². The van der Waals surface area contributed by atoms with Crippen molar-refractivity contribution in [3.63, 3.8) is 0 Å². The Hall–Kier alpha value is -3.16. The van der Waals surface area contributed by atoms with Gasteiger partial charge in [0.15, 0.2) is 11.5 Å². The van der Waals surface area contributed by atoms with Crippen LogP contribution in [0.3, 0.4) is 0 Å². The summed E-state index contributed by atoms with van der Waals surface area (Å²) in [5, 5.41) is 21.1. The van der Waals surface area contributed by atoms with Crippen molar-refractivity contribution in [2.24, 2.45) is 0 Å². The summed E-state index contributed by atoms with van der Waals surface area (Å²) in [7, 11) is 4.30. The van der Waals surface area contributed by atoms with Gasteiger partial charge in [-0.25, -0.2) is 0 Å². The van der Waals surface area contributed by atoms with Gasteiger partial charge in [-0.15, -0.1) is 0 Å². The molecule has 8 nitrogen and oxygen atoms in total. The largest absolute Gasteiger partial charge is 0.506 e. The summed E-state index contributed by atoms with van der Waals surface area (Å²) in [5.41, 5.74) is 5.73. The van der Waals surface area contributed by atoms with E-state index in [9.17, 15) is 15.2 Å². The molecule has 0 atom stereocenters. The van der Waals surface area contributed by atoms with Crippen molar-refractivity contribution in [2.45, 2.75) is 0 Å². The minimum absolute atomic E-state index is 0.0834. The first kappa shape index (κ1) is 16.2. The maximum Gasteiger partial charge on any atom is 0.279 e. The molecule has 0 aliphatic heterocycles. The van der Waals surface area contributed by atoms with E-state index in [0.29, 0.717) is 11.3 Å². The Morgan fingerprint density at radius 2 is 1.70 bits per heavy atom. The number of nitro benzene ring substituents is 1. The van der Waals surface area contributed by atoms with E-state index in [1.54, 1.807) is 12.1 Å². The molecule has 0 bridgehead atoms. The number of phenols is 1. The van der Waals surface area contributed by atoms with Crippen molar-refractivity contribution in [2.75, 3.05) is 27.1 Å². The molecule has 122 valence electrons. The molecule has 0 aliphatic rings. The minimum Gasteiger partial charge on any atom is -0.506 e. The van der Waals surface area contributed by atoms with E-state index in [4.69, 9.17) is 19.9 Å². The molecule has 0 saturated carbocycles. The standard InChI is InChI=1S/C15H16N2O6/c1-21-13-5-4-8(14(22-2)15(13)23-3)9-6-12(18)10(16)7-11(9)17(19)20/h4-7,18H,16H2,1-3H3. The molecule has 2 aromatic carbocycles. The number of hydrogen-bond acceptors (Lipinski definition) is 7. The molecule has 3 N–H and O–H groups in total. The third-order valence-corrected chi connectivity index (χ3v) is 3.34. The quantitative estimate of drug-likeness (QED) is 0.376. The van der Waals surface area contributed by atoms with Gasteiger partial charge in [0.1, 0.15) is 5.75 Å². The molecule has 0 aromatic heterocycles. The number of nitrogens with two attached hydrogens (primary N) is 1. The Balaban J connectivity index is 2.81. The third kappa shape index (κ3) is 2.78. The molecule has 0 saturated heterocycles. The van der Waals surface area contributed by atoms with Crippen molar-refractivity contribution in [3.8, 4) is 34.1 Å². The zero-order valence-electron chi connectivity index (χ0n) is 12.8. The third-order valence-electron chi connectivity index (χ3n) is 3.34. The molecule has 0 unspecified atom stereocenters. The monoisotopic (exact) mass is 320 g/mol. The number of phenolic OH excluding ortho intramolecular Hbond substituents is 1. The van der Waals surface area contributed by atoms with E-state index < -0.39 is 4.92 Å². The van der Waals surface area contributed by atoms with Crippen LogP contribution in [0.4, 0.5) is 11.4 Å². The molecule has 0 spiro atoms. The van der Waals surface area contributed by atoms with Crippen LogP contribution in [0.5, 0.6) is 23.0 Å². The Morgan fingerprint density at radius 3 is 2.22 bits per heavy atom. The molecule has 0 aliphatic carbocycles. The first-order valence-electron chi connectivity index (χ1n) is 6.50. The average Bonchev–Trinajstić information content (AvgIpc) is 2.55. The highest BCUT2D eigenvalue weighted by Gasteiger charge is 2.24. The van der Waals surface area contributed by atoms with Gasteiger partial charge in [0, 0.05) is 11.6 Å². The lowest BCUT2D eigenvalue weighted by Crippen LogP contribution is -1.99. The van der Waals surface area contributed by atoms with Gasteiger partial charge in [0.05, 0.1) is 37.5 Å². The first-order valence-corrected chi connectivity index (χ1v) is 6.50. The second-order valence-corrected chi connectivity index (χ2v) is 4.57. The van der Waals surface area contributed by atoms with Crippen LogP contribution in [0.25, 0.3) is 11.1 Å². The van der Waals surface area contributed by atoms with E-state index in [1.165, 1.54) is 27.4 Å². The fraction of sp³-hybridized carbons (Fsp3) is 0.200. The fourth-order valence-electron chi connectivity index (χ4n) is 2.27. The molecular weight excluding hydrogens is 304 g/mol. The minimum atomic E-state index is -0.582. The molecule has 23 heavy (non-hydrogen) atoms. The van der Waals surface area contributed by atoms with Crippen LogP contribution in [-0.2, 0) is 0 Å². The molecule has 8 heteroatoms. The lowest BCUT2D eigenvalue weighted by Gasteiger charge is -2.16. The summed E-state index contributed by atoms with van der Waals surface area (Å²) >= 11 is 0. The summed E-state index contributed by atoms with van der Waals surface area (Å²) in [6.45, 7) is 0. The van der Waals surface area contributed by atoms with Crippen molar-refractivity contribution in [1.82, 2.24) is 0 Å². The Kier molecular flexibility index (Phi) is 4.44. The van der Waals surface area contributed by atoms with Crippen molar-refractivity contribution >= 4 is 11.4 Å². The van der Waals surface area contributed by atoms with E-state index >= 15 is 0 Å². The molecule has 2 aromatic rings. The number of hydrogen-bond donors (Lipinski definition) is 2. The topological polar surface area (TPSA) is 117 Å². The van der Waals surface area contributed by atoms with E-state index in [1.807, 2.05) is 0 Å². The zero-order chi connectivity index (χ0) is 17.1. The molecule has 0 heterocycles. The SMILES string of the molecule is COc1ccc(-c2cc(O)c(N)cc2[N+](=O)[O-])c(OC)c1OC. The number of methoxy groups -OCH3 is 3. The van der Waals surface area contributed by atoms with Crippen molar-refractivity contribution in [3.05, 3.63) is 34.4 Å². The summed E-state index contributed by atoms with van der Waals surface area (Å²) in [4.78, 5) is 10.7. The molecule has 2 rings (SSSR count). The van der Waals surface area contributed by atoms with Crippen LogP contribution in [0.2, 0.25) is 0 Å². The number of benzene rings is 2. The van der Waals surface area contributed by atoms with Crippen LogP contribution in [-0.4, -0.2) is 31.4 Å². The number of nitrogens with zero attached hydrogens (tertiary/aromatic N) is 1. The maximum atomic E-state index is 11.3. The van der Waals surface area contributed by atoms with E-state index in [2.05, 4.69) is 0 Å². The van der Waals surface area contributed by atoms with Gasteiger partial charge in [-0.1, -0.05) is 0 Å². The second-order valence-electron chi connectivity index (χ2n) is 4.57. The van der Waals surface area contributed by atoms with Crippen LogP contribution in [0, 0.1) is 10.1 Å². The number of nitro groups is 1. The van der Waals surface area contributed by atoms with Gasteiger partial charge >= 0.3 is 0 Å². The normalized spacial score (nSPS) is 10.2. The lowest BCUT2D eigenvalue weighted by molar-refractivity contribution is -0.384. The maximum absolute atomic E-state index is 11.3. The lowest BCUT2D eigenvalue weighted by atomic mass is 10.0. The molecule has 0 fully saturated rings. The number of nitrogen functional groups attached to an aromatic ring is 1. The predicted molar refractivity (Wildman–Crippen MR) is 84.3 cm³/mol. The highest BCUT2D eigenvalue weighted by atomic mass is 16.6. The Labute approximate surface area is 132 Å². The molecule has 0 radical (unpaired) electrons. The van der Waals surface area contributed by atoms with Crippen LogP contribution >= 0.6 is 0 Å². The first-order chi connectivity index (χ1) is 10.9.